The lowest BCUT2D eigenvalue weighted by atomic mass is 10.0. The highest BCUT2D eigenvalue weighted by atomic mass is 16.5. The Kier molecular flexibility index (Phi) is 5.42. The highest BCUT2D eigenvalue weighted by Gasteiger charge is 2.22. The molecule has 116 valence electrons. The highest BCUT2D eigenvalue weighted by Crippen LogP contribution is 2.08. The molecule has 1 heterocycles. The van der Waals surface area contributed by atoms with Gasteiger partial charge in [0.15, 0.2) is 0 Å². The number of nitrogens with one attached hydrogen (secondary N) is 1. The zero-order valence-corrected chi connectivity index (χ0v) is 12.5. The van der Waals surface area contributed by atoms with E-state index in [9.17, 15) is 9.59 Å². The summed E-state index contributed by atoms with van der Waals surface area (Å²) in [6.07, 6.45) is 3.25. The second-order valence-corrected chi connectivity index (χ2v) is 4.80. The number of hydrogen-bond donors (Lipinski definition) is 1. The number of rotatable bonds is 5. The van der Waals surface area contributed by atoms with Gasteiger partial charge < -0.3 is 10.1 Å². The second-order valence-electron chi connectivity index (χ2n) is 4.80. The van der Waals surface area contributed by atoms with Crippen molar-refractivity contribution in [2.75, 3.05) is 7.11 Å². The molecule has 0 radical (unpaired) electrons. The normalized spacial score (nSPS) is 11.1. The Labute approximate surface area is 133 Å². The summed E-state index contributed by atoms with van der Waals surface area (Å²) >= 11 is 0. The first-order chi connectivity index (χ1) is 11.1. The zero-order chi connectivity index (χ0) is 16.7. The number of esters is 1. The molecule has 0 saturated heterocycles. The van der Waals surface area contributed by atoms with Crippen molar-refractivity contribution >= 4 is 11.9 Å². The molecular weight excluding hydrogens is 294 g/mol. The van der Waals surface area contributed by atoms with E-state index in [-0.39, 0.29) is 6.42 Å². The molecule has 23 heavy (non-hydrogen) atoms. The molecule has 0 spiro atoms. The minimum absolute atomic E-state index is 0.268. The van der Waals surface area contributed by atoms with Crippen LogP contribution in [0.1, 0.15) is 21.5 Å². The molecule has 1 aromatic carbocycles. The van der Waals surface area contributed by atoms with E-state index in [1.807, 2.05) is 6.07 Å². The lowest BCUT2D eigenvalue weighted by molar-refractivity contribution is -0.142. The number of hydrogen-bond acceptors (Lipinski definition) is 5. The number of aromatic nitrogens is 1. The first-order valence-electron chi connectivity index (χ1n) is 6.92. The summed E-state index contributed by atoms with van der Waals surface area (Å²) < 4.78 is 4.74. The molecule has 6 nitrogen and oxygen atoms in total. The van der Waals surface area contributed by atoms with E-state index >= 15 is 0 Å². The third-order valence-electron chi connectivity index (χ3n) is 3.24. The molecule has 6 heteroatoms. The van der Waals surface area contributed by atoms with Gasteiger partial charge in [0.2, 0.25) is 0 Å². The van der Waals surface area contributed by atoms with Crippen molar-refractivity contribution < 1.29 is 14.3 Å². The van der Waals surface area contributed by atoms with Gasteiger partial charge in [-0.1, -0.05) is 12.1 Å². The summed E-state index contributed by atoms with van der Waals surface area (Å²) in [6.45, 7) is 0. The van der Waals surface area contributed by atoms with Crippen LogP contribution in [0.15, 0.2) is 48.8 Å². The van der Waals surface area contributed by atoms with Crippen molar-refractivity contribution in [1.82, 2.24) is 10.3 Å². The van der Waals surface area contributed by atoms with Crippen molar-refractivity contribution in [2.24, 2.45) is 0 Å². The Morgan fingerprint density at radius 3 is 2.61 bits per heavy atom. The van der Waals surface area contributed by atoms with Crippen molar-refractivity contribution in [3.63, 3.8) is 0 Å². The fourth-order valence-electron chi connectivity index (χ4n) is 2.03. The molecule has 0 fully saturated rings. The van der Waals surface area contributed by atoms with E-state index < -0.39 is 17.9 Å². The van der Waals surface area contributed by atoms with Gasteiger partial charge in [0.1, 0.15) is 6.04 Å². The molecule has 0 saturated carbocycles. The van der Waals surface area contributed by atoms with Crippen LogP contribution in [0.2, 0.25) is 0 Å². The van der Waals surface area contributed by atoms with Crippen LogP contribution in [-0.4, -0.2) is 30.0 Å². The molecule has 0 unspecified atom stereocenters. The quantitative estimate of drug-likeness (QED) is 0.844. The van der Waals surface area contributed by atoms with E-state index in [0.29, 0.717) is 11.1 Å². The Balaban J connectivity index is 2.12. The number of pyridine rings is 1. The fraction of sp³-hybridized carbons (Fsp3) is 0.176. The van der Waals surface area contributed by atoms with Crippen LogP contribution in [0.4, 0.5) is 0 Å². The first-order valence-corrected chi connectivity index (χ1v) is 6.92. The smallest absolute Gasteiger partial charge is 0.328 e. The van der Waals surface area contributed by atoms with Crippen LogP contribution in [0, 0.1) is 11.3 Å². The molecule has 0 aliphatic rings. The van der Waals surface area contributed by atoms with E-state index in [1.54, 1.807) is 42.6 Å². The maximum Gasteiger partial charge on any atom is 0.328 e. The third-order valence-corrected chi connectivity index (χ3v) is 3.24. The van der Waals surface area contributed by atoms with Crippen molar-refractivity contribution in [2.45, 2.75) is 12.5 Å². The maximum absolute atomic E-state index is 12.2. The third kappa shape index (κ3) is 4.38. The summed E-state index contributed by atoms with van der Waals surface area (Å²) in [5, 5.41) is 11.4. The molecule has 1 aromatic heterocycles. The van der Waals surface area contributed by atoms with Gasteiger partial charge in [-0.2, -0.15) is 5.26 Å². The molecular formula is C17H15N3O3. The number of carbonyl (C=O) groups excluding carboxylic acids is 2. The zero-order valence-electron chi connectivity index (χ0n) is 12.5. The van der Waals surface area contributed by atoms with Gasteiger partial charge in [-0.15, -0.1) is 0 Å². The Bertz CT molecular complexity index is 721. The van der Waals surface area contributed by atoms with Gasteiger partial charge in [-0.05, 0) is 29.8 Å². The highest BCUT2D eigenvalue weighted by molar-refractivity contribution is 5.96. The Morgan fingerprint density at radius 2 is 2.04 bits per heavy atom. The van der Waals surface area contributed by atoms with Crippen molar-refractivity contribution in [3.8, 4) is 6.07 Å². The minimum atomic E-state index is -0.819. The number of nitrogens with zero attached hydrogens (tertiary/aromatic N) is 2. The number of amides is 1. The number of carbonyl (C=O) groups is 2. The van der Waals surface area contributed by atoms with E-state index in [0.717, 1.165) is 5.56 Å². The van der Waals surface area contributed by atoms with Crippen LogP contribution in [0.5, 0.6) is 0 Å². The Hall–Kier alpha value is -3.20. The molecule has 2 rings (SSSR count). The minimum Gasteiger partial charge on any atom is -0.467 e. The van der Waals surface area contributed by atoms with Gasteiger partial charge >= 0.3 is 5.97 Å². The lowest BCUT2D eigenvalue weighted by Gasteiger charge is -2.16. The van der Waals surface area contributed by atoms with Gasteiger partial charge in [-0.3, -0.25) is 9.78 Å². The molecule has 1 N–H and O–H groups in total. The standard InChI is InChI=1S/C17H15N3O3/c1-23-17(22)15(9-12-4-6-13(10-18)7-5-12)20-16(21)14-3-2-8-19-11-14/h2-8,11,15H,9H2,1H3,(H,20,21)/t15-/m1/s1. The number of benzene rings is 1. The van der Waals surface area contributed by atoms with Crippen LogP contribution < -0.4 is 5.32 Å². The van der Waals surface area contributed by atoms with E-state index in [4.69, 9.17) is 10.00 Å². The predicted octanol–water partition coefficient (Wildman–Crippen LogP) is 1.47. The SMILES string of the molecule is COC(=O)[C@@H](Cc1ccc(C#N)cc1)NC(=O)c1cccnc1. The molecule has 0 bridgehead atoms. The van der Waals surface area contributed by atoms with Crippen LogP contribution in [0.25, 0.3) is 0 Å². The number of ether oxygens (including phenoxy) is 1. The summed E-state index contributed by atoms with van der Waals surface area (Å²) in [5.74, 6) is -0.936. The number of nitriles is 1. The fourth-order valence-corrected chi connectivity index (χ4v) is 2.03. The van der Waals surface area contributed by atoms with E-state index in [1.165, 1.54) is 13.3 Å². The lowest BCUT2D eigenvalue weighted by Crippen LogP contribution is -2.43. The van der Waals surface area contributed by atoms with Gasteiger partial charge in [-0.25, -0.2) is 4.79 Å². The average Bonchev–Trinajstić information content (AvgIpc) is 2.61. The first kappa shape index (κ1) is 16.2. The van der Waals surface area contributed by atoms with Crippen molar-refractivity contribution in [3.05, 3.63) is 65.5 Å². The van der Waals surface area contributed by atoms with E-state index in [2.05, 4.69) is 10.3 Å². The monoisotopic (exact) mass is 309 g/mol. The summed E-state index contributed by atoms with van der Waals surface area (Å²) in [6, 6.07) is 11.3. The summed E-state index contributed by atoms with van der Waals surface area (Å²) in [4.78, 5) is 27.9. The van der Waals surface area contributed by atoms with Gasteiger partial charge in [0.05, 0.1) is 24.3 Å². The molecule has 0 aliphatic carbocycles. The molecule has 1 amide bonds. The van der Waals surface area contributed by atoms with Crippen LogP contribution in [0.3, 0.4) is 0 Å². The molecule has 1 atom stereocenters. The van der Waals surface area contributed by atoms with Gasteiger partial charge in [0, 0.05) is 18.8 Å². The maximum atomic E-state index is 12.2. The predicted molar refractivity (Wildman–Crippen MR) is 82.4 cm³/mol. The van der Waals surface area contributed by atoms with Crippen LogP contribution >= 0.6 is 0 Å². The topological polar surface area (TPSA) is 92.1 Å². The average molecular weight is 309 g/mol. The second kappa shape index (κ2) is 7.71. The molecule has 2 aromatic rings. The van der Waals surface area contributed by atoms with Gasteiger partial charge in [0.25, 0.3) is 5.91 Å². The van der Waals surface area contributed by atoms with Crippen LogP contribution in [-0.2, 0) is 16.0 Å². The largest absolute Gasteiger partial charge is 0.467 e. The number of methoxy groups -OCH3 is 1. The molecule has 0 aliphatic heterocycles. The summed E-state index contributed by atoms with van der Waals surface area (Å²) in [5.41, 5.74) is 1.70. The Morgan fingerprint density at radius 1 is 1.30 bits per heavy atom. The van der Waals surface area contributed by atoms with Crippen molar-refractivity contribution in [1.29, 1.82) is 5.26 Å². The summed E-state index contributed by atoms with van der Waals surface area (Å²) in [7, 11) is 1.27.